The Morgan fingerprint density at radius 2 is 2.10 bits per heavy atom. The number of rotatable bonds is 0. The average Bonchev–Trinajstić information content (AvgIpc) is 2.27. The molecule has 1 aliphatic rings. The van der Waals surface area contributed by atoms with Crippen LogP contribution in [0.15, 0.2) is 24.3 Å². The van der Waals surface area contributed by atoms with Crippen molar-refractivity contribution in [1.82, 2.24) is 0 Å². The number of hydrogen-bond acceptors (Lipinski definition) is 3. The van der Waals surface area contributed by atoms with E-state index in [0.29, 0.717) is 5.56 Å². The third kappa shape index (κ3) is 0.827. The van der Waals surface area contributed by atoms with Crippen LogP contribution in [0.4, 0.5) is 5.69 Å². The first-order chi connectivity index (χ1) is 4.86. The summed E-state index contributed by atoms with van der Waals surface area (Å²) in [4.78, 5) is 0. The van der Waals surface area contributed by atoms with Crippen LogP contribution in [-0.4, -0.2) is 0 Å². The highest BCUT2D eigenvalue weighted by atomic mass is 32.1. The molecule has 2 nitrogen and oxygen atoms in total. The molecule has 0 fully saturated rings. The Labute approximate surface area is 64.6 Å². The van der Waals surface area contributed by atoms with Crippen LogP contribution in [0.25, 0.3) is 0 Å². The van der Waals surface area contributed by atoms with Gasteiger partial charge in [-0.3, -0.25) is 0 Å². The van der Waals surface area contributed by atoms with Crippen molar-refractivity contribution in [2.75, 3.05) is 5.32 Å². The van der Waals surface area contributed by atoms with Gasteiger partial charge in [-0.05, 0) is 12.1 Å². The monoisotopic (exact) mass is 152 g/mol. The van der Waals surface area contributed by atoms with E-state index < -0.39 is 0 Å². The molecule has 0 atom stereocenters. The van der Waals surface area contributed by atoms with Crippen molar-refractivity contribution in [2.45, 2.75) is 0 Å². The number of benzene rings is 1. The summed E-state index contributed by atoms with van der Waals surface area (Å²) in [6.07, 6.45) is 0. The van der Waals surface area contributed by atoms with E-state index in [-0.39, 0.29) is 0 Å². The third-order valence-corrected chi connectivity index (χ3v) is 1.54. The minimum absolute atomic E-state index is 0.543. The Bertz CT molecular complexity index is 226. The molecule has 0 aliphatic carbocycles. The average molecular weight is 152 g/mol. The predicted octanol–water partition coefficient (Wildman–Crippen LogP) is 1.87. The maximum Gasteiger partial charge on any atom is 0.296 e. The van der Waals surface area contributed by atoms with E-state index in [1.807, 2.05) is 24.3 Å². The van der Waals surface area contributed by atoms with Gasteiger partial charge in [-0.25, -0.2) is 0 Å². The van der Waals surface area contributed by atoms with Crippen molar-refractivity contribution in [3.63, 3.8) is 0 Å². The summed E-state index contributed by atoms with van der Waals surface area (Å²) in [7, 11) is 0. The van der Waals surface area contributed by atoms with E-state index in [9.17, 15) is 0 Å². The summed E-state index contributed by atoms with van der Waals surface area (Å²) in [5.74, 6) is 0.840. The van der Waals surface area contributed by atoms with Gasteiger partial charge >= 0.3 is 0 Å². The smallest absolute Gasteiger partial charge is 0.296 e. The number of ether oxygens (including phenoxy) is 1. The molecule has 0 unspecified atom stereocenters. The fraction of sp³-hybridized carbons (Fsp3) is 0. The Balaban J connectivity index is 2.42. The lowest BCUT2D eigenvalue weighted by molar-refractivity contribution is 0.428. The van der Waals surface area contributed by atoms with Crippen molar-refractivity contribution in [3.05, 3.63) is 29.8 Å². The van der Waals surface area contributed by atoms with Crippen LogP contribution in [0.1, 0.15) is 0 Å². The van der Waals surface area contributed by atoms with Gasteiger partial charge in [-0.1, -0.05) is 12.1 Å². The van der Waals surface area contributed by atoms with E-state index >= 15 is 0 Å². The van der Waals surface area contributed by atoms with Crippen molar-refractivity contribution in [1.29, 1.82) is 0 Å². The number of anilines is 1. The summed E-state index contributed by atoms with van der Waals surface area (Å²) in [5, 5.41) is 2.96. The fourth-order valence-corrected chi connectivity index (χ4v) is 1.12. The van der Waals surface area contributed by atoms with Gasteiger partial charge in [0.1, 0.15) is 5.75 Å². The summed E-state index contributed by atoms with van der Waals surface area (Å²) in [6.45, 7) is 0. The number of thiol groups is 1. The van der Waals surface area contributed by atoms with Crippen LogP contribution >= 0.6 is 12.6 Å². The molecule has 3 heteroatoms. The normalized spacial score (nSPS) is 15.7. The van der Waals surface area contributed by atoms with E-state index in [0.717, 1.165) is 11.4 Å². The Morgan fingerprint density at radius 3 is 2.90 bits per heavy atom. The van der Waals surface area contributed by atoms with Gasteiger partial charge in [0.25, 0.3) is 5.56 Å². The van der Waals surface area contributed by atoms with Crippen LogP contribution in [0.3, 0.4) is 0 Å². The first-order valence-electron chi connectivity index (χ1n) is 2.96. The summed E-state index contributed by atoms with van der Waals surface area (Å²) < 4.78 is 5.18. The van der Waals surface area contributed by atoms with Crippen LogP contribution in [0.2, 0.25) is 0 Å². The molecule has 1 aliphatic heterocycles. The molecule has 0 bridgehead atoms. The van der Waals surface area contributed by atoms with Gasteiger partial charge in [-0.15, -0.1) is 12.6 Å². The fourth-order valence-electron chi connectivity index (χ4n) is 0.904. The molecule has 0 saturated heterocycles. The maximum atomic E-state index is 5.18. The molecular formula is C7H6NOS. The first-order valence-corrected chi connectivity index (χ1v) is 3.41. The zero-order valence-electron chi connectivity index (χ0n) is 5.16. The molecule has 0 spiro atoms. The second-order valence-electron chi connectivity index (χ2n) is 2.03. The van der Waals surface area contributed by atoms with Crippen molar-refractivity contribution >= 4 is 18.3 Å². The van der Waals surface area contributed by atoms with Gasteiger partial charge in [-0.2, -0.15) is 0 Å². The summed E-state index contributed by atoms with van der Waals surface area (Å²) in [6, 6.07) is 7.71. The topological polar surface area (TPSA) is 21.3 Å². The second-order valence-corrected chi connectivity index (χ2v) is 2.43. The van der Waals surface area contributed by atoms with Gasteiger partial charge in [0.15, 0.2) is 0 Å². The van der Waals surface area contributed by atoms with Crippen LogP contribution in [0, 0.1) is 5.56 Å². The molecule has 1 aromatic rings. The van der Waals surface area contributed by atoms with Crippen molar-refractivity contribution in [2.24, 2.45) is 0 Å². The number of fused-ring (bicyclic) bond motifs is 1. The van der Waals surface area contributed by atoms with Crippen molar-refractivity contribution in [3.8, 4) is 5.75 Å². The van der Waals surface area contributed by atoms with E-state index in [4.69, 9.17) is 4.74 Å². The highest BCUT2D eigenvalue weighted by molar-refractivity contribution is 7.83. The van der Waals surface area contributed by atoms with E-state index in [2.05, 4.69) is 17.9 Å². The number of nitrogens with one attached hydrogen (secondary N) is 1. The lowest BCUT2D eigenvalue weighted by Gasteiger charge is -1.96. The van der Waals surface area contributed by atoms with Crippen LogP contribution in [0.5, 0.6) is 5.75 Å². The minimum Gasteiger partial charge on any atom is -0.450 e. The Morgan fingerprint density at radius 1 is 1.30 bits per heavy atom. The standard InChI is InChI=1S/C7H6NOS/c10-7-8-5-3-1-2-4-6(5)9-7/h1-4,8,10H. The zero-order chi connectivity index (χ0) is 6.97. The molecule has 0 aromatic heterocycles. The lowest BCUT2D eigenvalue weighted by Crippen LogP contribution is -1.99. The van der Waals surface area contributed by atoms with Gasteiger partial charge in [0.05, 0.1) is 5.69 Å². The largest absolute Gasteiger partial charge is 0.450 e. The van der Waals surface area contributed by atoms with Crippen LogP contribution < -0.4 is 10.1 Å². The quantitative estimate of drug-likeness (QED) is 0.554. The molecule has 0 amide bonds. The van der Waals surface area contributed by atoms with Crippen LogP contribution in [-0.2, 0) is 0 Å². The van der Waals surface area contributed by atoms with Gasteiger partial charge in [0, 0.05) is 0 Å². The molecule has 1 N–H and O–H groups in total. The number of para-hydroxylation sites is 2. The molecule has 10 heavy (non-hydrogen) atoms. The summed E-state index contributed by atoms with van der Waals surface area (Å²) in [5.41, 5.74) is 1.52. The molecule has 1 radical (unpaired) electrons. The van der Waals surface area contributed by atoms with E-state index in [1.54, 1.807) is 0 Å². The number of hydrogen-bond donors (Lipinski definition) is 2. The first kappa shape index (κ1) is 5.92. The maximum absolute atomic E-state index is 5.18. The molecule has 2 rings (SSSR count). The third-order valence-electron chi connectivity index (χ3n) is 1.34. The molecule has 1 aromatic carbocycles. The molecule has 51 valence electrons. The Hall–Kier alpha value is -0.830. The zero-order valence-corrected chi connectivity index (χ0v) is 6.06. The highest BCUT2D eigenvalue weighted by Gasteiger charge is 2.18. The van der Waals surface area contributed by atoms with Gasteiger partial charge in [0.2, 0.25) is 0 Å². The summed E-state index contributed by atoms with van der Waals surface area (Å²) >= 11 is 4.02. The second kappa shape index (κ2) is 2.09. The van der Waals surface area contributed by atoms with Crippen molar-refractivity contribution < 1.29 is 4.74 Å². The lowest BCUT2D eigenvalue weighted by atomic mass is 10.3. The SMILES string of the molecule is S[C]1Nc2ccccc2O1. The van der Waals surface area contributed by atoms with E-state index in [1.165, 1.54) is 0 Å². The minimum atomic E-state index is 0.543. The van der Waals surface area contributed by atoms with Gasteiger partial charge < -0.3 is 10.1 Å². The molecule has 0 saturated carbocycles. The Kier molecular flexibility index (Phi) is 1.24. The molecule has 1 heterocycles. The molecular weight excluding hydrogens is 146 g/mol. The highest BCUT2D eigenvalue weighted by Crippen LogP contribution is 2.34. The predicted molar refractivity (Wildman–Crippen MR) is 42.9 cm³/mol.